The SMILES string of the molecule is S/N=C1\CCn2nc(Br)cc21. The summed E-state index contributed by atoms with van der Waals surface area (Å²) in [4.78, 5) is 0. The second-order valence-electron chi connectivity index (χ2n) is 2.37. The van der Waals surface area contributed by atoms with Gasteiger partial charge in [0, 0.05) is 13.0 Å². The summed E-state index contributed by atoms with van der Waals surface area (Å²) in [6, 6.07) is 1.96. The average Bonchev–Trinajstić information content (AvgIpc) is 2.45. The Morgan fingerprint density at radius 2 is 2.55 bits per heavy atom. The molecule has 5 heteroatoms. The normalized spacial score (nSPS) is 19.3. The van der Waals surface area contributed by atoms with Gasteiger partial charge < -0.3 is 0 Å². The highest BCUT2D eigenvalue weighted by Crippen LogP contribution is 2.19. The predicted octanol–water partition coefficient (Wildman–Crippen LogP) is 1.68. The molecule has 2 heterocycles. The maximum Gasteiger partial charge on any atom is 0.128 e. The van der Waals surface area contributed by atoms with Crippen molar-refractivity contribution < 1.29 is 0 Å². The minimum absolute atomic E-state index is 0.863. The van der Waals surface area contributed by atoms with Gasteiger partial charge in [0.15, 0.2) is 0 Å². The second kappa shape index (κ2) is 2.64. The molecule has 0 radical (unpaired) electrons. The topological polar surface area (TPSA) is 30.2 Å². The highest BCUT2D eigenvalue weighted by atomic mass is 79.9. The minimum atomic E-state index is 0.863. The average molecular weight is 232 g/mol. The molecule has 1 aliphatic rings. The van der Waals surface area contributed by atoms with Gasteiger partial charge >= 0.3 is 0 Å². The Kier molecular flexibility index (Phi) is 1.77. The molecule has 0 amide bonds. The van der Waals surface area contributed by atoms with Crippen molar-refractivity contribution in [3.63, 3.8) is 0 Å². The lowest BCUT2D eigenvalue weighted by Crippen LogP contribution is -1.94. The number of hydrogen-bond acceptors (Lipinski definition) is 3. The maximum absolute atomic E-state index is 4.21. The van der Waals surface area contributed by atoms with Crippen LogP contribution in [0.5, 0.6) is 0 Å². The van der Waals surface area contributed by atoms with Crippen molar-refractivity contribution in [2.75, 3.05) is 0 Å². The first-order chi connectivity index (χ1) is 5.31. The molecule has 0 fully saturated rings. The van der Waals surface area contributed by atoms with E-state index in [1.807, 2.05) is 10.7 Å². The Balaban J connectivity index is 2.53. The fraction of sp³-hybridized carbons (Fsp3) is 0.333. The zero-order chi connectivity index (χ0) is 7.84. The Hall–Kier alpha value is -0.290. The highest BCUT2D eigenvalue weighted by Gasteiger charge is 2.18. The molecule has 0 spiro atoms. The lowest BCUT2D eigenvalue weighted by Gasteiger charge is -1.88. The van der Waals surface area contributed by atoms with E-state index in [1.165, 1.54) is 0 Å². The number of aryl methyl sites for hydroxylation is 1. The molecule has 0 N–H and O–H groups in total. The van der Waals surface area contributed by atoms with Gasteiger partial charge in [-0.25, -0.2) is 4.40 Å². The van der Waals surface area contributed by atoms with Gasteiger partial charge in [-0.2, -0.15) is 5.10 Å². The molecule has 0 aromatic carbocycles. The lowest BCUT2D eigenvalue weighted by molar-refractivity contribution is 0.659. The zero-order valence-corrected chi connectivity index (χ0v) is 8.14. The standard InChI is InChI=1S/C6H6BrN3S/c7-6-3-5-4(9-11)1-2-10(5)8-6/h3,11H,1-2H2/b9-4+. The molecular formula is C6H6BrN3S. The van der Waals surface area contributed by atoms with Gasteiger partial charge in [-0.1, -0.05) is 0 Å². The van der Waals surface area contributed by atoms with Crippen LogP contribution in [0, 0.1) is 0 Å². The summed E-state index contributed by atoms with van der Waals surface area (Å²) in [6.07, 6.45) is 0.944. The number of thiol groups is 1. The molecule has 2 rings (SSSR count). The first kappa shape index (κ1) is 7.36. The van der Waals surface area contributed by atoms with E-state index in [0.29, 0.717) is 0 Å². The van der Waals surface area contributed by atoms with Crippen LogP contribution >= 0.6 is 28.7 Å². The fourth-order valence-electron chi connectivity index (χ4n) is 1.23. The molecule has 0 atom stereocenters. The molecule has 1 aliphatic heterocycles. The summed E-state index contributed by atoms with van der Waals surface area (Å²) in [5.74, 6) is 0. The molecule has 0 aliphatic carbocycles. The number of nitrogens with zero attached hydrogens (tertiary/aromatic N) is 3. The fourth-order valence-corrected chi connectivity index (χ4v) is 1.84. The Bertz CT molecular complexity index is 318. The minimum Gasteiger partial charge on any atom is -0.262 e. The Morgan fingerprint density at radius 3 is 3.27 bits per heavy atom. The van der Waals surface area contributed by atoms with Crippen molar-refractivity contribution in [3.05, 3.63) is 16.4 Å². The van der Waals surface area contributed by atoms with Crippen molar-refractivity contribution in [1.29, 1.82) is 0 Å². The summed E-state index contributed by atoms with van der Waals surface area (Å²) >= 11 is 7.18. The molecule has 1 aromatic heterocycles. The van der Waals surface area contributed by atoms with Crippen molar-refractivity contribution in [3.8, 4) is 0 Å². The van der Waals surface area contributed by atoms with Crippen LogP contribution in [0.1, 0.15) is 12.1 Å². The quantitative estimate of drug-likeness (QED) is 0.678. The first-order valence-electron chi connectivity index (χ1n) is 3.26. The summed E-state index contributed by atoms with van der Waals surface area (Å²) in [5, 5.41) is 4.21. The third-order valence-electron chi connectivity index (χ3n) is 1.73. The van der Waals surface area contributed by atoms with Crippen LogP contribution in [-0.4, -0.2) is 15.5 Å². The predicted molar refractivity (Wildman–Crippen MR) is 50.1 cm³/mol. The van der Waals surface area contributed by atoms with Gasteiger partial charge in [0.25, 0.3) is 0 Å². The van der Waals surface area contributed by atoms with Crippen LogP contribution in [-0.2, 0) is 6.54 Å². The summed E-state index contributed by atoms with van der Waals surface area (Å²) in [6.45, 7) is 0.917. The van der Waals surface area contributed by atoms with E-state index < -0.39 is 0 Å². The van der Waals surface area contributed by atoms with E-state index in [9.17, 15) is 0 Å². The smallest absolute Gasteiger partial charge is 0.128 e. The van der Waals surface area contributed by atoms with Crippen LogP contribution in [0.25, 0.3) is 0 Å². The van der Waals surface area contributed by atoms with E-state index >= 15 is 0 Å². The van der Waals surface area contributed by atoms with Crippen LogP contribution < -0.4 is 0 Å². The van der Waals surface area contributed by atoms with E-state index in [4.69, 9.17) is 0 Å². The number of aromatic nitrogens is 2. The van der Waals surface area contributed by atoms with Crippen LogP contribution in [0.3, 0.4) is 0 Å². The lowest BCUT2D eigenvalue weighted by atomic mass is 10.2. The van der Waals surface area contributed by atoms with Gasteiger partial charge in [-0.3, -0.25) is 4.68 Å². The van der Waals surface area contributed by atoms with E-state index in [-0.39, 0.29) is 0 Å². The molecule has 0 saturated heterocycles. The second-order valence-corrected chi connectivity index (χ2v) is 3.38. The molecular weight excluding hydrogens is 226 g/mol. The van der Waals surface area contributed by atoms with Gasteiger partial charge in [0.1, 0.15) is 4.60 Å². The van der Waals surface area contributed by atoms with Crippen molar-refractivity contribution >= 4 is 34.5 Å². The summed E-state index contributed by atoms with van der Waals surface area (Å²) in [7, 11) is 0. The largest absolute Gasteiger partial charge is 0.262 e. The maximum atomic E-state index is 4.21. The summed E-state index contributed by atoms with van der Waals surface area (Å²) in [5.41, 5.74) is 2.10. The molecule has 0 unspecified atom stereocenters. The Morgan fingerprint density at radius 1 is 1.73 bits per heavy atom. The van der Waals surface area contributed by atoms with E-state index in [1.54, 1.807) is 0 Å². The molecule has 1 aromatic rings. The number of hydrogen-bond donors (Lipinski definition) is 1. The van der Waals surface area contributed by atoms with E-state index in [0.717, 1.165) is 29.0 Å². The van der Waals surface area contributed by atoms with Crippen molar-refractivity contribution in [2.45, 2.75) is 13.0 Å². The van der Waals surface area contributed by atoms with Crippen LogP contribution in [0.2, 0.25) is 0 Å². The third-order valence-corrected chi connectivity index (χ3v) is 2.36. The highest BCUT2D eigenvalue weighted by molar-refractivity contribution is 9.10. The monoisotopic (exact) mass is 231 g/mol. The zero-order valence-electron chi connectivity index (χ0n) is 5.66. The van der Waals surface area contributed by atoms with Crippen LogP contribution in [0.4, 0.5) is 0 Å². The van der Waals surface area contributed by atoms with Crippen molar-refractivity contribution in [2.24, 2.45) is 4.40 Å². The number of fused-ring (bicyclic) bond motifs is 1. The number of halogens is 1. The number of rotatable bonds is 0. The van der Waals surface area contributed by atoms with Gasteiger partial charge in [-0.05, 0) is 34.8 Å². The van der Waals surface area contributed by atoms with Crippen molar-refractivity contribution in [1.82, 2.24) is 9.78 Å². The Labute approximate surface area is 78.2 Å². The van der Waals surface area contributed by atoms with Gasteiger partial charge in [-0.15, -0.1) is 0 Å². The molecule has 58 valence electrons. The molecule has 11 heavy (non-hydrogen) atoms. The summed E-state index contributed by atoms with van der Waals surface area (Å²) < 4.78 is 6.66. The first-order valence-corrected chi connectivity index (χ1v) is 4.45. The van der Waals surface area contributed by atoms with E-state index in [2.05, 4.69) is 38.2 Å². The molecule has 3 nitrogen and oxygen atoms in total. The third kappa shape index (κ3) is 1.12. The van der Waals surface area contributed by atoms with Gasteiger partial charge in [0.2, 0.25) is 0 Å². The molecule has 0 saturated carbocycles. The van der Waals surface area contributed by atoms with Crippen LogP contribution in [0.15, 0.2) is 15.1 Å². The van der Waals surface area contributed by atoms with Gasteiger partial charge in [0.05, 0.1) is 11.4 Å². The molecule has 0 bridgehead atoms.